The van der Waals surface area contributed by atoms with Gasteiger partial charge in [-0.25, -0.2) is 23.7 Å². The molecule has 4 N–H and O–H groups in total. The van der Waals surface area contributed by atoms with E-state index in [4.69, 9.17) is 16.5 Å². The molecule has 1 aromatic carbocycles. The average Bonchev–Trinajstić information content (AvgIpc) is 3.24. The zero-order valence-corrected chi connectivity index (χ0v) is 24.4. The molecule has 1 saturated heterocycles. The summed E-state index contributed by atoms with van der Waals surface area (Å²) in [6, 6.07) is 4.79. The molecule has 4 rings (SSSR count). The van der Waals surface area contributed by atoms with E-state index in [2.05, 4.69) is 33.6 Å². The summed E-state index contributed by atoms with van der Waals surface area (Å²) in [6.07, 6.45) is 3.47. The zero-order chi connectivity index (χ0) is 27.6. The second kappa shape index (κ2) is 11.9. The molecule has 204 valence electrons. The van der Waals surface area contributed by atoms with E-state index in [1.807, 2.05) is 47.1 Å². The number of pyridine rings is 1. The van der Waals surface area contributed by atoms with Gasteiger partial charge in [0.15, 0.2) is 11.8 Å². The Bertz CT molecular complexity index is 1350. The molecule has 0 saturated carbocycles. The van der Waals surface area contributed by atoms with Gasteiger partial charge in [-0.15, -0.1) is 0 Å². The Hall–Kier alpha value is -2.80. The van der Waals surface area contributed by atoms with Crippen LogP contribution in [0.5, 0.6) is 0 Å². The van der Waals surface area contributed by atoms with Gasteiger partial charge in [-0.1, -0.05) is 13.8 Å². The van der Waals surface area contributed by atoms with Crippen molar-refractivity contribution in [2.24, 2.45) is 22.4 Å². The first-order valence-corrected chi connectivity index (χ1v) is 13.9. The number of rotatable bonds is 8. The van der Waals surface area contributed by atoms with E-state index in [1.54, 1.807) is 12.3 Å². The van der Waals surface area contributed by atoms with Crippen LogP contribution in [-0.2, 0) is 6.42 Å². The number of aliphatic imine (C=N–C) groups is 1. The van der Waals surface area contributed by atoms with E-state index in [-0.39, 0.29) is 23.4 Å². The quantitative estimate of drug-likeness (QED) is 0.164. The summed E-state index contributed by atoms with van der Waals surface area (Å²) in [5.74, 6) is -0.201. The van der Waals surface area contributed by atoms with Crippen LogP contribution in [0.2, 0.25) is 0 Å². The van der Waals surface area contributed by atoms with Crippen molar-refractivity contribution in [1.82, 2.24) is 24.3 Å². The number of guanidine groups is 1. The number of halogens is 3. The Balaban J connectivity index is 1.73. The fraction of sp³-hybridized carbons (Fsp3) is 0.444. The Morgan fingerprint density at radius 1 is 1.11 bits per heavy atom. The fourth-order valence-corrected chi connectivity index (χ4v) is 5.52. The van der Waals surface area contributed by atoms with E-state index < -0.39 is 11.6 Å². The third-order valence-electron chi connectivity index (χ3n) is 7.00. The van der Waals surface area contributed by atoms with Gasteiger partial charge in [-0.3, -0.25) is 0 Å². The predicted octanol–water partition coefficient (Wildman–Crippen LogP) is 4.49. The van der Waals surface area contributed by atoms with Crippen LogP contribution in [0.25, 0.3) is 22.2 Å². The van der Waals surface area contributed by atoms with Crippen LogP contribution < -0.4 is 11.5 Å². The monoisotopic (exact) mass is 636 g/mol. The highest BCUT2D eigenvalue weighted by Crippen LogP contribution is 2.33. The van der Waals surface area contributed by atoms with Crippen LogP contribution in [-0.4, -0.2) is 63.0 Å². The number of piperazine rings is 1. The highest BCUT2D eigenvalue weighted by Gasteiger charge is 2.25. The van der Waals surface area contributed by atoms with Crippen molar-refractivity contribution in [2.45, 2.75) is 40.2 Å². The molecule has 1 aliphatic rings. The molecule has 0 aliphatic carbocycles. The van der Waals surface area contributed by atoms with Gasteiger partial charge in [0.25, 0.3) is 0 Å². The number of allylic oxidation sites excluding steroid dienone is 1. The van der Waals surface area contributed by atoms with Crippen molar-refractivity contribution in [3.8, 4) is 11.1 Å². The highest BCUT2D eigenvalue weighted by molar-refractivity contribution is 14.1. The van der Waals surface area contributed by atoms with Crippen molar-refractivity contribution in [3.63, 3.8) is 0 Å². The van der Waals surface area contributed by atoms with Gasteiger partial charge >= 0.3 is 0 Å². The summed E-state index contributed by atoms with van der Waals surface area (Å²) >= 11 is 2.02. The number of imidazole rings is 1. The minimum absolute atomic E-state index is 0.00363. The molecule has 38 heavy (non-hydrogen) atoms. The molecule has 3 heterocycles. The maximum Gasteiger partial charge on any atom is 0.190 e. The van der Waals surface area contributed by atoms with E-state index >= 15 is 4.39 Å². The number of fused-ring (bicyclic) bond motifs is 1. The molecule has 1 atom stereocenters. The summed E-state index contributed by atoms with van der Waals surface area (Å²) in [5.41, 5.74) is 14.0. The summed E-state index contributed by atoms with van der Waals surface area (Å²) in [4.78, 5) is 17.7. The zero-order valence-electron chi connectivity index (χ0n) is 22.3. The molecular weight excluding hydrogens is 601 g/mol. The predicted molar refractivity (Wildman–Crippen MR) is 156 cm³/mol. The lowest BCUT2D eigenvalue weighted by Crippen LogP contribution is -2.46. The lowest BCUT2D eigenvalue weighted by molar-refractivity contribution is 0.154. The number of benzene rings is 1. The molecule has 1 fully saturated rings. The molecule has 0 spiro atoms. The average molecular weight is 637 g/mol. The van der Waals surface area contributed by atoms with E-state index in [1.165, 1.54) is 6.07 Å². The smallest absolute Gasteiger partial charge is 0.190 e. The van der Waals surface area contributed by atoms with Gasteiger partial charge in [0, 0.05) is 55.8 Å². The molecule has 11 heteroatoms. The van der Waals surface area contributed by atoms with Crippen LogP contribution in [0, 0.1) is 21.3 Å². The molecule has 1 unspecified atom stereocenters. The number of nitrogens with two attached hydrogens (primary N) is 2. The van der Waals surface area contributed by atoms with Gasteiger partial charge in [0.2, 0.25) is 0 Å². The second-order valence-electron chi connectivity index (χ2n) is 9.94. The van der Waals surface area contributed by atoms with E-state index in [0.717, 1.165) is 50.4 Å². The van der Waals surface area contributed by atoms with E-state index in [9.17, 15) is 4.39 Å². The summed E-state index contributed by atoms with van der Waals surface area (Å²) < 4.78 is 32.7. The van der Waals surface area contributed by atoms with Crippen molar-refractivity contribution >= 4 is 39.6 Å². The summed E-state index contributed by atoms with van der Waals surface area (Å²) in [5, 5.41) is 0. The van der Waals surface area contributed by atoms with Gasteiger partial charge in [0.05, 0.1) is 17.9 Å². The minimum Gasteiger partial charge on any atom is -0.371 e. The minimum atomic E-state index is -0.494. The first-order chi connectivity index (χ1) is 18.1. The Kier molecular flexibility index (Phi) is 8.86. The first kappa shape index (κ1) is 28.2. The van der Waals surface area contributed by atoms with Gasteiger partial charge in [-0.2, -0.15) is 0 Å². The van der Waals surface area contributed by atoms with Crippen LogP contribution in [0.15, 0.2) is 41.3 Å². The second-order valence-corrected chi connectivity index (χ2v) is 11.0. The molecule has 0 bridgehead atoms. The van der Waals surface area contributed by atoms with Crippen LogP contribution >= 0.6 is 22.6 Å². The Morgan fingerprint density at radius 3 is 2.45 bits per heavy atom. The third kappa shape index (κ3) is 6.09. The maximum absolute atomic E-state index is 15.4. The highest BCUT2D eigenvalue weighted by atomic mass is 127. The van der Waals surface area contributed by atoms with Gasteiger partial charge < -0.3 is 25.8 Å². The number of hydrogen-bond donors (Lipinski definition) is 2. The van der Waals surface area contributed by atoms with Crippen LogP contribution in [0.4, 0.5) is 8.78 Å². The molecule has 8 nitrogen and oxygen atoms in total. The SMILES string of the molecule is CCN1CCN(/C(=C/N=C(N)N)C(C)Cc2nc3c(F)cc(-c4cc(I)ncc4F)cc3n2C(C)C)CC1. The molecule has 0 radical (unpaired) electrons. The number of hydrogen-bond acceptors (Lipinski definition) is 5. The van der Waals surface area contributed by atoms with Crippen molar-refractivity contribution in [3.05, 3.63) is 57.5 Å². The van der Waals surface area contributed by atoms with Crippen molar-refractivity contribution in [1.29, 1.82) is 0 Å². The maximum atomic E-state index is 15.4. The van der Waals surface area contributed by atoms with Crippen molar-refractivity contribution in [2.75, 3.05) is 32.7 Å². The number of nitrogens with zero attached hydrogens (tertiary/aromatic N) is 6. The summed E-state index contributed by atoms with van der Waals surface area (Å²) in [7, 11) is 0. The normalized spacial score (nSPS) is 15.9. The largest absolute Gasteiger partial charge is 0.371 e. The number of likely N-dealkylation sites (N-methyl/N-ethyl adjacent to an activating group) is 1. The summed E-state index contributed by atoms with van der Waals surface area (Å²) in [6.45, 7) is 13.0. The van der Waals surface area contributed by atoms with E-state index in [0.29, 0.717) is 26.8 Å². The van der Waals surface area contributed by atoms with Crippen LogP contribution in [0.1, 0.15) is 39.6 Å². The van der Waals surface area contributed by atoms with Crippen molar-refractivity contribution < 1.29 is 8.78 Å². The van der Waals surface area contributed by atoms with Gasteiger partial charge in [-0.05, 0) is 66.7 Å². The standard InChI is InChI=1S/C27H35F2IN8/c1-5-36-6-8-37(9-7-36)23(15-34-27(31)32)17(4)10-25-35-26-20(28)11-18(12-22(26)38(25)16(2)3)19-13-24(30)33-14-21(19)29/h11-17H,5-10H2,1-4H3,(H4,31,32,34)/b23-15+. The topological polar surface area (TPSA) is 102 Å². The Morgan fingerprint density at radius 2 is 1.82 bits per heavy atom. The lowest BCUT2D eigenvalue weighted by atomic mass is 10.0. The molecular formula is C27H35F2IN8. The lowest BCUT2D eigenvalue weighted by Gasteiger charge is -2.38. The Labute approximate surface area is 235 Å². The molecule has 1 aliphatic heterocycles. The van der Waals surface area contributed by atoms with Crippen LogP contribution in [0.3, 0.4) is 0 Å². The molecule has 3 aromatic rings. The first-order valence-electron chi connectivity index (χ1n) is 12.9. The third-order valence-corrected chi connectivity index (χ3v) is 7.59. The fourth-order valence-electron chi connectivity index (χ4n) is 5.07. The molecule has 2 aromatic heterocycles. The molecule has 0 amide bonds. The van der Waals surface area contributed by atoms with Gasteiger partial charge in [0.1, 0.15) is 20.9 Å². The number of aromatic nitrogens is 3.